The van der Waals surface area contributed by atoms with Crippen molar-refractivity contribution in [1.29, 1.82) is 0 Å². The molecule has 2 aromatic heterocycles. The fourth-order valence-electron chi connectivity index (χ4n) is 1.68. The molecule has 0 aromatic carbocycles. The summed E-state index contributed by atoms with van der Waals surface area (Å²) in [5, 5.41) is 4.28. The molecule has 0 saturated carbocycles. The lowest BCUT2D eigenvalue weighted by atomic mass is 10.3. The van der Waals surface area contributed by atoms with E-state index in [1.807, 2.05) is 13.8 Å². The standard InChI is InChI=1S/C11H16N6/c1-4-5-10-14-9(12)6-11(15-10)17-8(3)13-7(2)16-17/h6H,4-5H2,1-3H3,(H2,12,14,15). The topological polar surface area (TPSA) is 82.5 Å². The summed E-state index contributed by atoms with van der Waals surface area (Å²) in [6.45, 7) is 5.82. The van der Waals surface area contributed by atoms with Crippen molar-refractivity contribution in [2.45, 2.75) is 33.6 Å². The van der Waals surface area contributed by atoms with Crippen LogP contribution in [0.1, 0.15) is 30.8 Å². The van der Waals surface area contributed by atoms with Crippen LogP contribution in [0.3, 0.4) is 0 Å². The van der Waals surface area contributed by atoms with Gasteiger partial charge in [0.25, 0.3) is 0 Å². The van der Waals surface area contributed by atoms with Crippen molar-refractivity contribution in [3.63, 3.8) is 0 Å². The van der Waals surface area contributed by atoms with Crippen molar-refractivity contribution < 1.29 is 0 Å². The second-order valence-electron chi connectivity index (χ2n) is 3.94. The van der Waals surface area contributed by atoms with Crippen molar-refractivity contribution in [3.05, 3.63) is 23.5 Å². The summed E-state index contributed by atoms with van der Waals surface area (Å²) in [5.41, 5.74) is 5.77. The highest BCUT2D eigenvalue weighted by Gasteiger charge is 2.09. The van der Waals surface area contributed by atoms with E-state index in [0.29, 0.717) is 11.6 Å². The van der Waals surface area contributed by atoms with Gasteiger partial charge in [-0.1, -0.05) is 6.92 Å². The Morgan fingerprint density at radius 1 is 1.24 bits per heavy atom. The molecule has 0 radical (unpaired) electrons. The first kappa shape index (κ1) is 11.5. The van der Waals surface area contributed by atoms with E-state index in [-0.39, 0.29) is 0 Å². The van der Waals surface area contributed by atoms with Gasteiger partial charge in [-0.15, -0.1) is 5.10 Å². The molecule has 2 N–H and O–H groups in total. The molecule has 6 nitrogen and oxygen atoms in total. The molecule has 0 aliphatic carbocycles. The molecule has 0 aliphatic heterocycles. The number of anilines is 1. The smallest absolute Gasteiger partial charge is 0.161 e. The maximum Gasteiger partial charge on any atom is 0.161 e. The van der Waals surface area contributed by atoms with Gasteiger partial charge in [-0.25, -0.2) is 15.0 Å². The largest absolute Gasteiger partial charge is 0.384 e. The molecule has 0 aliphatic rings. The Hall–Kier alpha value is -1.98. The third kappa shape index (κ3) is 2.41. The predicted octanol–water partition coefficient (Wildman–Crippen LogP) is 1.21. The van der Waals surface area contributed by atoms with E-state index >= 15 is 0 Å². The zero-order valence-electron chi connectivity index (χ0n) is 10.3. The zero-order valence-corrected chi connectivity index (χ0v) is 10.3. The summed E-state index contributed by atoms with van der Waals surface area (Å²) in [6.07, 6.45) is 1.79. The van der Waals surface area contributed by atoms with E-state index in [9.17, 15) is 0 Å². The maximum atomic E-state index is 5.77. The molecule has 90 valence electrons. The van der Waals surface area contributed by atoms with Crippen LogP contribution < -0.4 is 5.73 Å². The molecular formula is C11H16N6. The maximum absolute atomic E-state index is 5.77. The summed E-state index contributed by atoms with van der Waals surface area (Å²) in [5.74, 6) is 3.40. The Morgan fingerprint density at radius 3 is 2.59 bits per heavy atom. The first-order valence-corrected chi connectivity index (χ1v) is 5.64. The first-order valence-electron chi connectivity index (χ1n) is 5.64. The van der Waals surface area contributed by atoms with E-state index < -0.39 is 0 Å². The molecule has 2 heterocycles. The molecular weight excluding hydrogens is 216 g/mol. The third-order valence-electron chi connectivity index (χ3n) is 2.34. The van der Waals surface area contributed by atoms with E-state index in [0.717, 1.165) is 30.3 Å². The van der Waals surface area contributed by atoms with Crippen molar-refractivity contribution in [2.75, 3.05) is 5.73 Å². The highest BCUT2D eigenvalue weighted by atomic mass is 15.4. The van der Waals surface area contributed by atoms with Crippen LogP contribution in [0.2, 0.25) is 0 Å². The Labute approximate surface area is 99.9 Å². The molecule has 0 bridgehead atoms. The van der Waals surface area contributed by atoms with Gasteiger partial charge in [0.2, 0.25) is 0 Å². The van der Waals surface area contributed by atoms with E-state index in [2.05, 4.69) is 27.0 Å². The van der Waals surface area contributed by atoms with Gasteiger partial charge in [0.1, 0.15) is 23.3 Å². The van der Waals surface area contributed by atoms with Gasteiger partial charge in [-0.05, 0) is 20.3 Å². The van der Waals surface area contributed by atoms with E-state index in [1.54, 1.807) is 10.7 Å². The molecule has 0 unspecified atom stereocenters. The number of hydrogen-bond acceptors (Lipinski definition) is 5. The van der Waals surface area contributed by atoms with Gasteiger partial charge < -0.3 is 5.73 Å². The SMILES string of the molecule is CCCc1nc(N)cc(-n2nc(C)nc2C)n1. The molecule has 0 saturated heterocycles. The number of hydrogen-bond donors (Lipinski definition) is 1. The molecule has 0 spiro atoms. The molecule has 6 heteroatoms. The second kappa shape index (κ2) is 4.48. The fraction of sp³-hybridized carbons (Fsp3) is 0.455. The number of aromatic nitrogens is 5. The molecule has 2 rings (SSSR count). The van der Waals surface area contributed by atoms with Crippen molar-refractivity contribution in [1.82, 2.24) is 24.7 Å². The summed E-state index contributed by atoms with van der Waals surface area (Å²) in [6, 6.07) is 1.71. The number of aryl methyl sites for hydroxylation is 3. The molecule has 17 heavy (non-hydrogen) atoms. The minimum absolute atomic E-state index is 0.464. The number of rotatable bonds is 3. The Balaban J connectivity index is 2.48. The van der Waals surface area contributed by atoms with Crippen molar-refractivity contribution in [3.8, 4) is 5.82 Å². The number of nitrogens with two attached hydrogens (primary N) is 1. The monoisotopic (exact) mass is 232 g/mol. The van der Waals surface area contributed by atoms with Crippen LogP contribution in [-0.4, -0.2) is 24.7 Å². The molecule has 0 amide bonds. The van der Waals surface area contributed by atoms with Crippen LogP contribution in [0.5, 0.6) is 0 Å². The Morgan fingerprint density at radius 2 is 2.00 bits per heavy atom. The number of nitrogens with zero attached hydrogens (tertiary/aromatic N) is 5. The third-order valence-corrected chi connectivity index (χ3v) is 2.34. The van der Waals surface area contributed by atoms with Gasteiger partial charge in [-0.2, -0.15) is 4.68 Å². The summed E-state index contributed by atoms with van der Waals surface area (Å²) in [7, 11) is 0. The summed E-state index contributed by atoms with van der Waals surface area (Å²) >= 11 is 0. The van der Waals surface area contributed by atoms with Gasteiger partial charge >= 0.3 is 0 Å². The normalized spacial score (nSPS) is 10.8. The molecule has 0 atom stereocenters. The Kier molecular flexibility index (Phi) is 3.03. The summed E-state index contributed by atoms with van der Waals surface area (Å²) < 4.78 is 1.69. The van der Waals surface area contributed by atoms with Gasteiger partial charge in [0, 0.05) is 12.5 Å². The highest BCUT2D eigenvalue weighted by Crippen LogP contribution is 2.11. The quantitative estimate of drug-likeness (QED) is 0.860. The lowest BCUT2D eigenvalue weighted by molar-refractivity contribution is 0.766. The van der Waals surface area contributed by atoms with Gasteiger partial charge in [-0.3, -0.25) is 0 Å². The minimum Gasteiger partial charge on any atom is -0.384 e. The first-order chi connectivity index (χ1) is 8.10. The van der Waals surface area contributed by atoms with Crippen LogP contribution in [0, 0.1) is 13.8 Å². The average molecular weight is 232 g/mol. The number of nitrogen functional groups attached to an aromatic ring is 1. The fourth-order valence-corrected chi connectivity index (χ4v) is 1.68. The zero-order chi connectivity index (χ0) is 12.4. The van der Waals surface area contributed by atoms with Crippen LogP contribution >= 0.6 is 0 Å². The predicted molar refractivity (Wildman–Crippen MR) is 64.8 cm³/mol. The van der Waals surface area contributed by atoms with Crippen molar-refractivity contribution >= 4 is 5.82 Å². The molecule has 0 fully saturated rings. The van der Waals surface area contributed by atoms with Gasteiger partial charge in [0.05, 0.1) is 0 Å². The summed E-state index contributed by atoms with van der Waals surface area (Å²) in [4.78, 5) is 12.9. The van der Waals surface area contributed by atoms with Crippen LogP contribution in [-0.2, 0) is 6.42 Å². The average Bonchev–Trinajstić information content (AvgIpc) is 2.57. The van der Waals surface area contributed by atoms with Crippen LogP contribution in [0.15, 0.2) is 6.07 Å². The van der Waals surface area contributed by atoms with Gasteiger partial charge in [0.15, 0.2) is 5.82 Å². The van der Waals surface area contributed by atoms with Crippen LogP contribution in [0.25, 0.3) is 5.82 Å². The minimum atomic E-state index is 0.464. The lowest BCUT2D eigenvalue weighted by Crippen LogP contribution is -2.08. The second-order valence-corrected chi connectivity index (χ2v) is 3.94. The van der Waals surface area contributed by atoms with Crippen molar-refractivity contribution in [2.24, 2.45) is 0 Å². The molecule has 2 aromatic rings. The van der Waals surface area contributed by atoms with E-state index in [4.69, 9.17) is 5.73 Å². The lowest BCUT2D eigenvalue weighted by Gasteiger charge is -2.05. The van der Waals surface area contributed by atoms with E-state index in [1.165, 1.54) is 0 Å². The highest BCUT2D eigenvalue weighted by molar-refractivity contribution is 5.37. The van der Waals surface area contributed by atoms with Crippen LogP contribution in [0.4, 0.5) is 5.82 Å². The Bertz CT molecular complexity index is 531.